The molecule has 4 rings (SSSR count). The van der Waals surface area contributed by atoms with E-state index in [1.165, 1.54) is 32.1 Å². The lowest BCUT2D eigenvalue weighted by Gasteiger charge is -2.40. The first-order valence-corrected chi connectivity index (χ1v) is 10.8. The monoisotopic (exact) mass is 386 g/mol. The van der Waals surface area contributed by atoms with Crippen molar-refractivity contribution in [1.29, 1.82) is 0 Å². The van der Waals surface area contributed by atoms with Crippen LogP contribution in [0, 0.1) is 5.82 Å². The molecule has 2 heterocycles. The topological polar surface area (TPSA) is 50.1 Å². The van der Waals surface area contributed by atoms with Gasteiger partial charge in [-0.25, -0.2) is 9.07 Å². The molecule has 2 fully saturated rings. The molecule has 0 spiro atoms. The van der Waals surface area contributed by atoms with Gasteiger partial charge in [0, 0.05) is 26.2 Å². The van der Waals surface area contributed by atoms with E-state index >= 15 is 0 Å². The molecule has 6 nitrogen and oxygen atoms in total. The summed E-state index contributed by atoms with van der Waals surface area (Å²) in [6.45, 7) is 5.67. The van der Waals surface area contributed by atoms with Crippen LogP contribution >= 0.6 is 0 Å². The molecule has 2 aliphatic rings. The van der Waals surface area contributed by atoms with Crippen LogP contribution in [0.5, 0.6) is 0 Å². The third kappa shape index (κ3) is 4.04. The number of benzene rings is 1. The lowest BCUT2D eigenvalue weighted by molar-refractivity contribution is 0.158. The molecule has 0 bridgehead atoms. The molecule has 0 amide bonds. The summed E-state index contributed by atoms with van der Waals surface area (Å²) in [6.07, 6.45) is 8.36. The van der Waals surface area contributed by atoms with Crippen molar-refractivity contribution in [3.8, 4) is 0 Å². The van der Waals surface area contributed by atoms with Crippen LogP contribution in [-0.4, -0.2) is 51.3 Å². The number of rotatable bonds is 6. The van der Waals surface area contributed by atoms with Crippen LogP contribution in [0.4, 0.5) is 10.1 Å². The Hall–Kier alpha value is -2.02. The number of tetrazole rings is 1. The average Bonchev–Trinajstić information content (AvgIpc) is 3.23. The van der Waals surface area contributed by atoms with Crippen LogP contribution in [0.2, 0.25) is 0 Å². The minimum Gasteiger partial charge on any atom is -0.367 e. The Morgan fingerprint density at radius 1 is 1.07 bits per heavy atom. The summed E-state index contributed by atoms with van der Waals surface area (Å²) in [5.74, 6) is 0.885. The van der Waals surface area contributed by atoms with E-state index in [1.807, 2.05) is 12.1 Å². The van der Waals surface area contributed by atoms with Crippen LogP contribution in [0.15, 0.2) is 24.3 Å². The molecular weight excluding hydrogens is 355 g/mol. The molecule has 1 aliphatic carbocycles. The van der Waals surface area contributed by atoms with Crippen LogP contribution in [0.3, 0.4) is 0 Å². The quantitative estimate of drug-likeness (QED) is 0.752. The number of para-hydroxylation sites is 1. The summed E-state index contributed by atoms with van der Waals surface area (Å²) in [5, 5.41) is 12.9. The van der Waals surface area contributed by atoms with Gasteiger partial charge in [0.25, 0.3) is 0 Å². The Bertz CT molecular complexity index is 749. The molecule has 2 aromatic rings. The van der Waals surface area contributed by atoms with E-state index in [9.17, 15) is 4.39 Å². The maximum atomic E-state index is 14.1. The van der Waals surface area contributed by atoms with Crippen molar-refractivity contribution in [2.24, 2.45) is 0 Å². The Balaban J connectivity index is 1.48. The van der Waals surface area contributed by atoms with Crippen molar-refractivity contribution >= 4 is 5.69 Å². The third-order valence-electron chi connectivity index (χ3n) is 6.25. The van der Waals surface area contributed by atoms with E-state index in [0.717, 1.165) is 44.8 Å². The molecule has 0 N–H and O–H groups in total. The van der Waals surface area contributed by atoms with Gasteiger partial charge in [-0.2, -0.15) is 0 Å². The Labute approximate surface area is 166 Å². The van der Waals surface area contributed by atoms with Crippen LogP contribution in [0.25, 0.3) is 0 Å². The summed E-state index contributed by atoms with van der Waals surface area (Å²) in [7, 11) is 0. The highest BCUT2D eigenvalue weighted by atomic mass is 19.1. The molecule has 1 aliphatic heterocycles. The zero-order chi connectivity index (χ0) is 19.3. The fourth-order valence-corrected chi connectivity index (χ4v) is 4.74. The molecule has 1 atom stereocenters. The zero-order valence-electron chi connectivity index (χ0n) is 16.8. The van der Waals surface area contributed by atoms with Gasteiger partial charge in [-0.1, -0.05) is 44.7 Å². The lowest BCUT2D eigenvalue weighted by atomic mass is 9.95. The Morgan fingerprint density at radius 2 is 1.82 bits per heavy atom. The van der Waals surface area contributed by atoms with Gasteiger partial charge in [-0.05, 0) is 41.8 Å². The molecule has 0 radical (unpaired) electrons. The third-order valence-corrected chi connectivity index (χ3v) is 6.25. The fraction of sp³-hybridized carbons (Fsp3) is 0.667. The van der Waals surface area contributed by atoms with Gasteiger partial charge in [0.05, 0.1) is 17.8 Å². The number of halogens is 1. The molecule has 152 valence electrons. The minimum absolute atomic E-state index is 0.137. The minimum atomic E-state index is -0.137. The normalized spacial score (nSPS) is 20.4. The number of hydrogen-bond donors (Lipinski definition) is 0. The summed E-state index contributed by atoms with van der Waals surface area (Å²) in [5.41, 5.74) is 0.709. The summed E-state index contributed by atoms with van der Waals surface area (Å²) in [4.78, 5) is 4.64. The van der Waals surface area contributed by atoms with Crippen LogP contribution < -0.4 is 4.90 Å². The Kier molecular flexibility index (Phi) is 6.20. The van der Waals surface area contributed by atoms with Crippen molar-refractivity contribution in [2.75, 3.05) is 31.1 Å². The van der Waals surface area contributed by atoms with Gasteiger partial charge in [0.15, 0.2) is 5.82 Å². The van der Waals surface area contributed by atoms with Crippen molar-refractivity contribution in [2.45, 2.75) is 64.0 Å². The van der Waals surface area contributed by atoms with Crippen molar-refractivity contribution < 1.29 is 4.39 Å². The van der Waals surface area contributed by atoms with Gasteiger partial charge in [-0.15, -0.1) is 5.10 Å². The highest BCUT2D eigenvalue weighted by Crippen LogP contribution is 2.32. The number of anilines is 1. The van der Waals surface area contributed by atoms with Gasteiger partial charge in [0.1, 0.15) is 5.82 Å². The van der Waals surface area contributed by atoms with E-state index in [1.54, 1.807) is 12.1 Å². The van der Waals surface area contributed by atoms with Gasteiger partial charge < -0.3 is 4.90 Å². The predicted molar refractivity (Wildman–Crippen MR) is 108 cm³/mol. The SMILES string of the molecule is CCC[C@H](c1nnnn1C1CCCCC1)N1CCN(c2ccccc2F)CC1. The van der Waals surface area contributed by atoms with E-state index in [-0.39, 0.29) is 11.9 Å². The molecule has 1 saturated carbocycles. The largest absolute Gasteiger partial charge is 0.367 e. The van der Waals surface area contributed by atoms with Gasteiger partial charge in [0.2, 0.25) is 0 Å². The lowest BCUT2D eigenvalue weighted by Crippen LogP contribution is -2.48. The molecule has 0 unspecified atom stereocenters. The maximum Gasteiger partial charge on any atom is 0.168 e. The van der Waals surface area contributed by atoms with Crippen LogP contribution in [0.1, 0.15) is 69.8 Å². The number of aromatic nitrogens is 4. The fourth-order valence-electron chi connectivity index (χ4n) is 4.74. The van der Waals surface area contributed by atoms with E-state index in [2.05, 4.69) is 36.9 Å². The number of piperazine rings is 1. The molecule has 7 heteroatoms. The van der Waals surface area contributed by atoms with Gasteiger partial charge in [-0.3, -0.25) is 4.90 Å². The highest BCUT2D eigenvalue weighted by molar-refractivity contribution is 5.48. The second-order valence-electron chi connectivity index (χ2n) is 8.05. The van der Waals surface area contributed by atoms with Gasteiger partial charge >= 0.3 is 0 Å². The van der Waals surface area contributed by atoms with E-state index in [0.29, 0.717) is 11.7 Å². The second-order valence-corrected chi connectivity index (χ2v) is 8.05. The first-order valence-electron chi connectivity index (χ1n) is 10.8. The zero-order valence-corrected chi connectivity index (χ0v) is 16.8. The predicted octanol–water partition coefficient (Wildman–Crippen LogP) is 3.98. The van der Waals surface area contributed by atoms with Crippen molar-refractivity contribution in [3.63, 3.8) is 0 Å². The van der Waals surface area contributed by atoms with Crippen molar-refractivity contribution in [1.82, 2.24) is 25.1 Å². The first kappa shape index (κ1) is 19.3. The average molecular weight is 387 g/mol. The maximum absolute atomic E-state index is 14.1. The summed E-state index contributed by atoms with van der Waals surface area (Å²) < 4.78 is 16.3. The summed E-state index contributed by atoms with van der Waals surface area (Å²) in [6, 6.07) is 7.75. The Morgan fingerprint density at radius 3 is 2.54 bits per heavy atom. The molecule has 28 heavy (non-hydrogen) atoms. The van der Waals surface area contributed by atoms with Crippen LogP contribution in [-0.2, 0) is 0 Å². The van der Waals surface area contributed by atoms with E-state index in [4.69, 9.17) is 0 Å². The molecule has 1 aromatic heterocycles. The summed E-state index contributed by atoms with van der Waals surface area (Å²) >= 11 is 0. The molecule has 1 aromatic carbocycles. The number of nitrogens with zero attached hydrogens (tertiary/aromatic N) is 6. The molecule has 1 saturated heterocycles. The number of hydrogen-bond acceptors (Lipinski definition) is 5. The van der Waals surface area contributed by atoms with Crippen molar-refractivity contribution in [3.05, 3.63) is 35.9 Å². The smallest absolute Gasteiger partial charge is 0.168 e. The molecular formula is C21H31FN6. The van der Waals surface area contributed by atoms with E-state index < -0.39 is 0 Å². The second kappa shape index (κ2) is 8.99. The standard InChI is InChI=1S/C21H31FN6/c1-2-8-20(21-23-24-25-28(21)17-9-4-3-5-10-17)27-15-13-26(14-16-27)19-12-7-6-11-18(19)22/h6-7,11-12,17,20H,2-5,8-10,13-16H2,1H3/t20-/m1/s1. The highest BCUT2D eigenvalue weighted by Gasteiger charge is 2.31. The first-order chi connectivity index (χ1) is 13.8.